The van der Waals surface area contributed by atoms with E-state index in [9.17, 15) is 8.42 Å². The van der Waals surface area contributed by atoms with Gasteiger partial charge in [-0.15, -0.1) is 0 Å². The number of rotatable bonds is 4. The maximum atomic E-state index is 11.2. The fourth-order valence-electron chi connectivity index (χ4n) is 1.05. The third-order valence-corrected chi connectivity index (χ3v) is 3.34. The van der Waals surface area contributed by atoms with Crippen LogP contribution in [0.15, 0.2) is 24.4 Å². The summed E-state index contributed by atoms with van der Waals surface area (Å²) < 4.78 is 25.0. The number of nitrogens with zero attached hydrogens (tertiary/aromatic N) is 1. The molecule has 0 aliphatic heterocycles. The molecule has 1 heterocycles. The SMILES string of the molecule is CCS(=O)(=O)N[C@H](C)c1ccccn1. The Labute approximate surface area is 84.4 Å². The first-order valence-corrected chi connectivity index (χ1v) is 6.11. The summed E-state index contributed by atoms with van der Waals surface area (Å²) in [5.74, 6) is 0.0875. The highest BCUT2D eigenvalue weighted by Crippen LogP contribution is 2.08. The van der Waals surface area contributed by atoms with Crippen LogP contribution in [0.2, 0.25) is 0 Å². The van der Waals surface area contributed by atoms with Gasteiger partial charge in [0, 0.05) is 6.20 Å². The van der Waals surface area contributed by atoms with Gasteiger partial charge in [-0.05, 0) is 26.0 Å². The molecule has 0 saturated heterocycles. The van der Waals surface area contributed by atoms with Gasteiger partial charge < -0.3 is 0 Å². The Hall–Kier alpha value is -0.940. The molecular weight excluding hydrogens is 200 g/mol. The summed E-state index contributed by atoms with van der Waals surface area (Å²) in [6.07, 6.45) is 1.64. The van der Waals surface area contributed by atoms with Crippen molar-refractivity contribution in [1.29, 1.82) is 0 Å². The van der Waals surface area contributed by atoms with Crippen molar-refractivity contribution in [1.82, 2.24) is 9.71 Å². The van der Waals surface area contributed by atoms with E-state index in [0.717, 1.165) is 5.69 Å². The molecule has 0 aliphatic rings. The molecule has 4 nitrogen and oxygen atoms in total. The summed E-state index contributed by atoms with van der Waals surface area (Å²) in [6.45, 7) is 3.38. The van der Waals surface area contributed by atoms with Crippen LogP contribution in [0.1, 0.15) is 25.6 Å². The summed E-state index contributed by atoms with van der Waals surface area (Å²) in [7, 11) is -3.16. The maximum Gasteiger partial charge on any atom is 0.211 e. The molecule has 78 valence electrons. The average molecular weight is 214 g/mol. The van der Waals surface area contributed by atoms with Gasteiger partial charge in [-0.1, -0.05) is 6.07 Å². The average Bonchev–Trinajstić information content (AvgIpc) is 2.19. The molecule has 0 bridgehead atoms. The fourth-order valence-corrected chi connectivity index (χ4v) is 1.87. The van der Waals surface area contributed by atoms with Crippen molar-refractivity contribution in [2.75, 3.05) is 5.75 Å². The van der Waals surface area contributed by atoms with Crippen molar-refractivity contribution in [3.05, 3.63) is 30.1 Å². The Morgan fingerprint density at radius 2 is 2.21 bits per heavy atom. The van der Waals surface area contributed by atoms with Crippen LogP contribution in [0.5, 0.6) is 0 Å². The molecule has 0 spiro atoms. The van der Waals surface area contributed by atoms with Crippen LogP contribution in [0.4, 0.5) is 0 Å². The van der Waals surface area contributed by atoms with E-state index in [1.54, 1.807) is 32.2 Å². The van der Waals surface area contributed by atoms with Gasteiger partial charge in [0.1, 0.15) is 0 Å². The van der Waals surface area contributed by atoms with Crippen LogP contribution in [0.3, 0.4) is 0 Å². The molecule has 0 fully saturated rings. The maximum absolute atomic E-state index is 11.2. The first kappa shape index (κ1) is 11.1. The predicted octanol–water partition coefficient (Wildman–Crippen LogP) is 1.08. The number of hydrogen-bond donors (Lipinski definition) is 1. The zero-order valence-corrected chi connectivity index (χ0v) is 9.08. The van der Waals surface area contributed by atoms with Crippen molar-refractivity contribution < 1.29 is 8.42 Å². The van der Waals surface area contributed by atoms with Gasteiger partial charge in [0.05, 0.1) is 17.5 Å². The van der Waals surface area contributed by atoms with Crippen LogP contribution in [-0.4, -0.2) is 19.2 Å². The Kier molecular flexibility index (Phi) is 3.60. The van der Waals surface area contributed by atoms with E-state index in [2.05, 4.69) is 9.71 Å². The molecule has 0 aliphatic carbocycles. The topological polar surface area (TPSA) is 59.1 Å². The third-order valence-electron chi connectivity index (χ3n) is 1.87. The molecule has 1 rings (SSSR count). The molecule has 0 amide bonds. The molecule has 0 unspecified atom stereocenters. The van der Waals surface area contributed by atoms with Crippen molar-refractivity contribution >= 4 is 10.0 Å². The van der Waals surface area contributed by atoms with Crippen LogP contribution in [-0.2, 0) is 10.0 Å². The van der Waals surface area contributed by atoms with E-state index in [0.29, 0.717) is 0 Å². The van der Waals surface area contributed by atoms with E-state index < -0.39 is 10.0 Å². The van der Waals surface area contributed by atoms with Gasteiger partial charge in [-0.2, -0.15) is 0 Å². The third kappa shape index (κ3) is 3.08. The molecule has 0 aromatic carbocycles. The molecule has 0 radical (unpaired) electrons. The molecule has 1 N–H and O–H groups in total. The van der Waals surface area contributed by atoms with E-state index in [1.807, 2.05) is 6.07 Å². The number of hydrogen-bond acceptors (Lipinski definition) is 3. The lowest BCUT2D eigenvalue weighted by atomic mass is 10.2. The number of pyridine rings is 1. The van der Waals surface area contributed by atoms with Crippen LogP contribution in [0.25, 0.3) is 0 Å². The number of nitrogens with one attached hydrogen (secondary N) is 1. The lowest BCUT2D eigenvalue weighted by Gasteiger charge is -2.12. The Morgan fingerprint density at radius 3 is 2.71 bits per heavy atom. The van der Waals surface area contributed by atoms with Gasteiger partial charge in [0.15, 0.2) is 0 Å². The summed E-state index contributed by atoms with van der Waals surface area (Å²) in [5.41, 5.74) is 0.726. The first-order valence-electron chi connectivity index (χ1n) is 4.46. The minimum Gasteiger partial charge on any atom is -0.260 e. The standard InChI is InChI=1S/C9H14N2O2S/c1-3-14(12,13)11-8(2)9-6-4-5-7-10-9/h4-8,11H,3H2,1-2H3/t8-/m1/s1. The predicted molar refractivity (Wildman–Crippen MR) is 55.2 cm³/mol. The second-order valence-corrected chi connectivity index (χ2v) is 5.04. The van der Waals surface area contributed by atoms with E-state index in [4.69, 9.17) is 0 Å². The highest BCUT2D eigenvalue weighted by Gasteiger charge is 2.13. The number of sulfonamides is 1. The zero-order chi connectivity index (χ0) is 10.6. The fraction of sp³-hybridized carbons (Fsp3) is 0.444. The molecular formula is C9H14N2O2S. The molecule has 1 aromatic rings. The quantitative estimate of drug-likeness (QED) is 0.816. The normalized spacial score (nSPS) is 13.9. The smallest absolute Gasteiger partial charge is 0.211 e. The Balaban J connectivity index is 2.74. The summed E-state index contributed by atoms with van der Waals surface area (Å²) >= 11 is 0. The van der Waals surface area contributed by atoms with Crippen molar-refractivity contribution in [3.8, 4) is 0 Å². The lowest BCUT2D eigenvalue weighted by molar-refractivity contribution is 0.565. The molecule has 14 heavy (non-hydrogen) atoms. The van der Waals surface area contributed by atoms with E-state index >= 15 is 0 Å². The van der Waals surface area contributed by atoms with Gasteiger partial charge >= 0.3 is 0 Å². The van der Waals surface area contributed by atoms with Gasteiger partial charge in [0.2, 0.25) is 10.0 Å². The number of aromatic nitrogens is 1. The molecule has 5 heteroatoms. The largest absolute Gasteiger partial charge is 0.260 e. The highest BCUT2D eigenvalue weighted by molar-refractivity contribution is 7.89. The molecule has 1 aromatic heterocycles. The van der Waals surface area contributed by atoms with E-state index in [-0.39, 0.29) is 11.8 Å². The first-order chi connectivity index (χ1) is 6.55. The van der Waals surface area contributed by atoms with Crippen LogP contribution in [0, 0.1) is 0 Å². The summed E-state index contributed by atoms with van der Waals surface area (Å²) in [6, 6.07) is 5.15. The monoisotopic (exact) mass is 214 g/mol. The highest BCUT2D eigenvalue weighted by atomic mass is 32.2. The minimum atomic E-state index is -3.16. The van der Waals surface area contributed by atoms with Crippen molar-refractivity contribution in [3.63, 3.8) is 0 Å². The van der Waals surface area contributed by atoms with Crippen LogP contribution < -0.4 is 4.72 Å². The molecule has 0 saturated carbocycles. The zero-order valence-electron chi connectivity index (χ0n) is 8.27. The van der Waals surface area contributed by atoms with Crippen LogP contribution >= 0.6 is 0 Å². The lowest BCUT2D eigenvalue weighted by Crippen LogP contribution is -2.28. The Morgan fingerprint density at radius 1 is 1.50 bits per heavy atom. The van der Waals surface area contributed by atoms with Gasteiger partial charge in [-0.25, -0.2) is 13.1 Å². The minimum absolute atomic E-state index is 0.0875. The summed E-state index contributed by atoms with van der Waals surface area (Å²) in [5, 5.41) is 0. The van der Waals surface area contributed by atoms with Gasteiger partial charge in [0.25, 0.3) is 0 Å². The van der Waals surface area contributed by atoms with Crippen molar-refractivity contribution in [2.24, 2.45) is 0 Å². The Bertz CT molecular complexity index is 375. The second kappa shape index (κ2) is 4.52. The van der Waals surface area contributed by atoms with E-state index in [1.165, 1.54) is 0 Å². The second-order valence-electron chi connectivity index (χ2n) is 3.00. The molecule has 1 atom stereocenters. The van der Waals surface area contributed by atoms with Gasteiger partial charge in [-0.3, -0.25) is 4.98 Å². The summed E-state index contributed by atoms with van der Waals surface area (Å²) in [4.78, 5) is 4.07. The van der Waals surface area contributed by atoms with Crippen molar-refractivity contribution in [2.45, 2.75) is 19.9 Å².